The lowest BCUT2D eigenvalue weighted by Crippen LogP contribution is -2.48. The molecule has 0 radical (unpaired) electrons. The van der Waals surface area contributed by atoms with Crippen LogP contribution in [0, 0.1) is 0 Å². The van der Waals surface area contributed by atoms with Gasteiger partial charge in [-0.15, -0.1) is 0 Å². The largest absolute Gasteiger partial charge is 0.475 e. The molecule has 6 heteroatoms. The van der Waals surface area contributed by atoms with Crippen LogP contribution in [0.15, 0.2) is 37.0 Å². The zero-order valence-electron chi connectivity index (χ0n) is 11.7. The van der Waals surface area contributed by atoms with Gasteiger partial charge in [-0.05, 0) is 32.8 Å². The molecule has 19 heavy (non-hydrogen) atoms. The number of nitrogens with one attached hydrogen (secondary N) is 1. The lowest BCUT2D eigenvalue weighted by Gasteiger charge is -2.23. The minimum absolute atomic E-state index is 0.215. The third kappa shape index (κ3) is 8.23. The molecule has 1 unspecified atom stereocenters. The summed E-state index contributed by atoms with van der Waals surface area (Å²) in [6.45, 7) is 12.3. The second-order valence-electron chi connectivity index (χ2n) is 5.05. The van der Waals surface area contributed by atoms with Crippen molar-refractivity contribution in [1.29, 1.82) is 0 Å². The summed E-state index contributed by atoms with van der Waals surface area (Å²) < 4.78 is 5.06. The summed E-state index contributed by atoms with van der Waals surface area (Å²) in [5, 5.41) is 21.0. The fraction of sp³-hybridized carbons (Fsp3) is 0.462. The summed E-state index contributed by atoms with van der Waals surface area (Å²) in [5.74, 6) is -0.876. The van der Waals surface area contributed by atoms with Crippen molar-refractivity contribution < 1.29 is 19.6 Å². The van der Waals surface area contributed by atoms with Crippen LogP contribution in [0.5, 0.6) is 0 Å². The van der Waals surface area contributed by atoms with Gasteiger partial charge in [-0.1, -0.05) is 31.4 Å². The summed E-state index contributed by atoms with van der Waals surface area (Å²) in [5.41, 5.74) is 0.0805. The van der Waals surface area contributed by atoms with Gasteiger partial charge in [-0.3, -0.25) is 0 Å². The van der Waals surface area contributed by atoms with Crippen LogP contribution in [-0.4, -0.2) is 34.8 Å². The van der Waals surface area contributed by atoms with Crippen molar-refractivity contribution in [2.24, 2.45) is 0 Å². The molecule has 0 saturated heterocycles. The van der Waals surface area contributed by atoms with Gasteiger partial charge in [-0.25, -0.2) is 4.79 Å². The van der Waals surface area contributed by atoms with Crippen LogP contribution in [0.1, 0.15) is 27.2 Å². The minimum atomic E-state index is -1.69. The highest BCUT2D eigenvalue weighted by Gasteiger charge is 2.27. The maximum absolute atomic E-state index is 11.6. The van der Waals surface area contributed by atoms with E-state index in [9.17, 15) is 14.8 Å². The molecule has 0 rings (SSSR count). The van der Waals surface area contributed by atoms with Gasteiger partial charge in [0, 0.05) is 0 Å². The molecule has 0 aliphatic carbocycles. The minimum Gasteiger partial charge on any atom is -0.444 e. The smallest absolute Gasteiger partial charge is 0.444 e. The highest BCUT2D eigenvalue weighted by Crippen LogP contribution is 2.11. The van der Waals surface area contributed by atoms with Crippen molar-refractivity contribution in [3.05, 3.63) is 37.0 Å². The molecule has 1 atom stereocenters. The number of carbonyl (C=O) groups excluding carboxylic acids is 1. The maximum Gasteiger partial charge on any atom is 0.475 e. The predicted molar refractivity (Wildman–Crippen MR) is 76.4 cm³/mol. The summed E-state index contributed by atoms with van der Waals surface area (Å²) in [6.07, 6.45) is 4.32. The van der Waals surface area contributed by atoms with Gasteiger partial charge in [0.15, 0.2) is 0 Å². The van der Waals surface area contributed by atoms with Crippen molar-refractivity contribution in [3.63, 3.8) is 0 Å². The molecule has 0 aromatic rings. The van der Waals surface area contributed by atoms with Crippen molar-refractivity contribution in [2.75, 3.05) is 0 Å². The standard InChI is InChI=1S/C13H22BNO4/c1-6-8-10(7-2)9-11(14(17)18)15-12(16)19-13(3,4)5/h6-8,11,17-18H,1-2,9H2,3-5H3,(H,15,16)/b10-8+. The first-order chi connectivity index (χ1) is 8.69. The molecule has 0 heterocycles. The number of alkyl carbamates (subject to hydrolysis) is 1. The average Bonchev–Trinajstić information content (AvgIpc) is 2.24. The molecule has 5 nitrogen and oxygen atoms in total. The van der Waals surface area contributed by atoms with Crippen LogP contribution < -0.4 is 5.32 Å². The van der Waals surface area contributed by atoms with E-state index in [1.54, 1.807) is 39.0 Å². The highest BCUT2D eigenvalue weighted by molar-refractivity contribution is 6.43. The van der Waals surface area contributed by atoms with E-state index in [4.69, 9.17) is 4.74 Å². The molecule has 0 aromatic heterocycles. The Morgan fingerprint density at radius 1 is 1.42 bits per heavy atom. The average molecular weight is 267 g/mol. The molecule has 1 amide bonds. The zero-order valence-corrected chi connectivity index (χ0v) is 11.7. The van der Waals surface area contributed by atoms with Gasteiger partial charge in [-0.2, -0.15) is 0 Å². The van der Waals surface area contributed by atoms with E-state index in [1.165, 1.54) is 0 Å². The van der Waals surface area contributed by atoms with Crippen molar-refractivity contribution in [1.82, 2.24) is 5.32 Å². The number of amides is 1. The van der Waals surface area contributed by atoms with Gasteiger partial charge in [0.05, 0.1) is 5.94 Å². The fourth-order valence-electron chi connectivity index (χ4n) is 1.31. The number of hydrogen-bond donors (Lipinski definition) is 3. The molecule has 3 N–H and O–H groups in total. The monoisotopic (exact) mass is 267 g/mol. The third-order valence-electron chi connectivity index (χ3n) is 2.11. The number of carbonyl (C=O) groups is 1. The van der Waals surface area contributed by atoms with Gasteiger partial charge < -0.3 is 20.1 Å². The number of ether oxygens (including phenoxy) is 1. The second kappa shape index (κ2) is 7.81. The SMILES string of the molecule is C=C/C=C(\C=C)CC(NC(=O)OC(C)(C)C)B(O)O. The fourth-order valence-corrected chi connectivity index (χ4v) is 1.31. The zero-order chi connectivity index (χ0) is 15.1. The van der Waals surface area contributed by atoms with Crippen LogP contribution in [0.25, 0.3) is 0 Å². The Morgan fingerprint density at radius 2 is 2.00 bits per heavy atom. The van der Waals surface area contributed by atoms with Gasteiger partial charge in [0.1, 0.15) is 5.60 Å². The summed E-state index contributed by atoms with van der Waals surface area (Å²) in [4.78, 5) is 11.6. The summed E-state index contributed by atoms with van der Waals surface area (Å²) in [6, 6.07) is 0. The molecule has 0 bridgehead atoms. The van der Waals surface area contributed by atoms with E-state index >= 15 is 0 Å². The first-order valence-corrected chi connectivity index (χ1v) is 5.99. The van der Waals surface area contributed by atoms with Crippen molar-refractivity contribution >= 4 is 13.2 Å². The predicted octanol–water partition coefficient (Wildman–Crippen LogP) is 1.58. The Kier molecular flexibility index (Phi) is 7.18. The third-order valence-corrected chi connectivity index (χ3v) is 2.11. The Hall–Kier alpha value is -1.53. The van der Waals surface area contributed by atoms with Crippen molar-refractivity contribution in [3.8, 4) is 0 Å². The van der Waals surface area contributed by atoms with Crippen LogP contribution in [0.4, 0.5) is 4.79 Å². The Balaban J connectivity index is 4.67. The molecule has 0 saturated carbocycles. The maximum atomic E-state index is 11.6. The Labute approximate surface area is 114 Å². The number of hydrogen-bond acceptors (Lipinski definition) is 4. The molecule has 0 spiro atoms. The lowest BCUT2D eigenvalue weighted by atomic mass is 9.76. The molecule has 0 aliphatic heterocycles. The number of allylic oxidation sites excluding steroid dienone is 3. The van der Waals surface area contributed by atoms with E-state index in [0.29, 0.717) is 0 Å². The van der Waals surface area contributed by atoms with Gasteiger partial charge >= 0.3 is 13.2 Å². The van der Waals surface area contributed by atoms with E-state index < -0.39 is 24.8 Å². The highest BCUT2D eigenvalue weighted by atomic mass is 16.6. The van der Waals surface area contributed by atoms with Crippen LogP contribution in [0.3, 0.4) is 0 Å². The molecule has 0 aromatic carbocycles. The Morgan fingerprint density at radius 3 is 2.37 bits per heavy atom. The van der Waals surface area contributed by atoms with Crippen LogP contribution in [-0.2, 0) is 4.74 Å². The number of rotatable bonds is 6. The molecular weight excluding hydrogens is 245 g/mol. The normalized spacial score (nSPS) is 13.4. The molecular formula is C13H22BNO4. The van der Waals surface area contributed by atoms with Gasteiger partial charge in [0.25, 0.3) is 0 Å². The second-order valence-corrected chi connectivity index (χ2v) is 5.05. The molecule has 0 aliphatic rings. The Bertz CT molecular complexity index is 358. The van der Waals surface area contributed by atoms with E-state index in [-0.39, 0.29) is 6.42 Å². The van der Waals surface area contributed by atoms with E-state index in [1.807, 2.05) is 0 Å². The van der Waals surface area contributed by atoms with Crippen LogP contribution in [0.2, 0.25) is 0 Å². The van der Waals surface area contributed by atoms with E-state index in [2.05, 4.69) is 18.5 Å². The van der Waals surface area contributed by atoms with Gasteiger partial charge in [0.2, 0.25) is 0 Å². The molecule has 0 fully saturated rings. The lowest BCUT2D eigenvalue weighted by molar-refractivity contribution is 0.0512. The topological polar surface area (TPSA) is 78.8 Å². The van der Waals surface area contributed by atoms with Crippen molar-refractivity contribution in [2.45, 2.75) is 38.7 Å². The molecule has 106 valence electrons. The summed E-state index contributed by atoms with van der Waals surface area (Å²) >= 11 is 0. The van der Waals surface area contributed by atoms with E-state index in [0.717, 1.165) is 5.57 Å². The first-order valence-electron chi connectivity index (χ1n) is 5.99. The van der Waals surface area contributed by atoms with Crippen LogP contribution >= 0.6 is 0 Å². The quantitative estimate of drug-likeness (QED) is 0.504. The first kappa shape index (κ1) is 17.5. The summed E-state index contributed by atoms with van der Waals surface area (Å²) in [7, 11) is -1.69.